The molecule has 2 aromatic carbocycles. The van der Waals surface area contributed by atoms with Crippen molar-refractivity contribution in [2.75, 3.05) is 23.3 Å². The first kappa shape index (κ1) is 22.3. The van der Waals surface area contributed by atoms with Crippen LogP contribution in [0, 0.1) is 5.92 Å². The van der Waals surface area contributed by atoms with Crippen LogP contribution in [-0.2, 0) is 19.6 Å². The summed E-state index contributed by atoms with van der Waals surface area (Å²) in [5, 5.41) is 3.17. The summed E-state index contributed by atoms with van der Waals surface area (Å²) in [6, 6.07) is 13.1. The Morgan fingerprint density at radius 3 is 2.70 bits per heavy atom. The summed E-state index contributed by atoms with van der Waals surface area (Å²) in [5.41, 5.74) is 0.938. The molecule has 1 fully saturated rings. The molecule has 2 aromatic rings. The number of benzene rings is 2. The minimum atomic E-state index is -3.65. The lowest BCUT2D eigenvalue weighted by Crippen LogP contribution is -2.28. The Morgan fingerprint density at radius 1 is 1.20 bits per heavy atom. The third kappa shape index (κ3) is 5.19. The first-order chi connectivity index (χ1) is 14.3. The maximum absolute atomic E-state index is 12.7. The van der Waals surface area contributed by atoms with E-state index in [-0.39, 0.29) is 29.7 Å². The second-order valence-electron chi connectivity index (χ2n) is 7.13. The number of amides is 2. The molecule has 30 heavy (non-hydrogen) atoms. The van der Waals surface area contributed by atoms with Crippen LogP contribution in [0.3, 0.4) is 0 Å². The number of unbranched alkanes of at least 4 members (excludes halogenated alkanes) is 1. The molecule has 1 heterocycles. The van der Waals surface area contributed by atoms with Crippen LogP contribution in [0.2, 0.25) is 5.02 Å². The summed E-state index contributed by atoms with van der Waals surface area (Å²) in [5.74, 6) is -1.08. The van der Waals surface area contributed by atoms with Gasteiger partial charge in [0.15, 0.2) is 0 Å². The van der Waals surface area contributed by atoms with Gasteiger partial charge in [-0.3, -0.25) is 9.59 Å². The summed E-state index contributed by atoms with van der Waals surface area (Å²) >= 11 is 6.17. The minimum absolute atomic E-state index is 0.0631. The van der Waals surface area contributed by atoms with E-state index in [2.05, 4.69) is 10.0 Å². The van der Waals surface area contributed by atoms with Crippen LogP contribution in [0.15, 0.2) is 53.4 Å². The molecular formula is C21H24ClN3O4S. The molecule has 0 unspecified atom stereocenters. The van der Waals surface area contributed by atoms with Gasteiger partial charge in [0.25, 0.3) is 0 Å². The molecule has 0 aliphatic carbocycles. The van der Waals surface area contributed by atoms with Gasteiger partial charge in [-0.1, -0.05) is 43.1 Å². The summed E-state index contributed by atoms with van der Waals surface area (Å²) in [6.07, 6.45) is 1.69. The Balaban J connectivity index is 1.68. The van der Waals surface area contributed by atoms with Gasteiger partial charge in [0, 0.05) is 25.2 Å². The van der Waals surface area contributed by atoms with Crippen molar-refractivity contribution in [3.8, 4) is 0 Å². The van der Waals surface area contributed by atoms with Crippen molar-refractivity contribution in [1.82, 2.24) is 4.72 Å². The summed E-state index contributed by atoms with van der Waals surface area (Å²) in [4.78, 5) is 26.7. The monoisotopic (exact) mass is 449 g/mol. The molecule has 0 bridgehead atoms. The van der Waals surface area contributed by atoms with Crippen molar-refractivity contribution >= 4 is 44.8 Å². The number of rotatable bonds is 8. The van der Waals surface area contributed by atoms with Crippen molar-refractivity contribution in [2.45, 2.75) is 31.1 Å². The Hall–Kier alpha value is -2.42. The number of hydrogen-bond acceptors (Lipinski definition) is 4. The number of para-hydroxylation sites is 1. The van der Waals surface area contributed by atoms with E-state index in [1.54, 1.807) is 36.4 Å². The summed E-state index contributed by atoms with van der Waals surface area (Å²) in [7, 11) is -3.65. The number of nitrogens with zero attached hydrogens (tertiary/aromatic N) is 1. The molecule has 2 amide bonds. The van der Waals surface area contributed by atoms with E-state index in [1.807, 2.05) is 6.92 Å². The van der Waals surface area contributed by atoms with Crippen LogP contribution in [0.1, 0.15) is 26.2 Å². The normalized spacial score (nSPS) is 16.7. The Kier molecular flexibility index (Phi) is 7.12. The van der Waals surface area contributed by atoms with Gasteiger partial charge in [-0.15, -0.1) is 0 Å². The number of hydrogen-bond donors (Lipinski definition) is 2. The molecule has 0 radical (unpaired) electrons. The van der Waals surface area contributed by atoms with Crippen molar-refractivity contribution in [2.24, 2.45) is 5.92 Å². The highest BCUT2D eigenvalue weighted by Crippen LogP contribution is 2.31. The van der Waals surface area contributed by atoms with Gasteiger partial charge in [-0.05, 0) is 36.8 Å². The van der Waals surface area contributed by atoms with E-state index < -0.39 is 15.9 Å². The van der Waals surface area contributed by atoms with Gasteiger partial charge >= 0.3 is 0 Å². The fourth-order valence-corrected chi connectivity index (χ4v) is 4.60. The van der Waals surface area contributed by atoms with Crippen molar-refractivity contribution in [3.63, 3.8) is 0 Å². The zero-order valence-corrected chi connectivity index (χ0v) is 18.2. The Labute approximate surface area is 181 Å². The first-order valence-electron chi connectivity index (χ1n) is 9.77. The smallest absolute Gasteiger partial charge is 0.240 e. The van der Waals surface area contributed by atoms with E-state index in [0.717, 1.165) is 12.8 Å². The third-order valence-electron chi connectivity index (χ3n) is 4.87. The van der Waals surface area contributed by atoms with Gasteiger partial charge in [-0.25, -0.2) is 13.1 Å². The molecule has 0 aromatic heterocycles. The van der Waals surface area contributed by atoms with Gasteiger partial charge in [0.2, 0.25) is 21.8 Å². The van der Waals surface area contributed by atoms with Crippen molar-refractivity contribution in [1.29, 1.82) is 0 Å². The lowest BCUT2D eigenvalue weighted by molar-refractivity contribution is -0.122. The van der Waals surface area contributed by atoms with Crippen molar-refractivity contribution in [3.05, 3.63) is 53.6 Å². The summed E-state index contributed by atoms with van der Waals surface area (Å²) < 4.78 is 27.3. The predicted octanol–water partition coefficient (Wildman–Crippen LogP) is 3.41. The van der Waals surface area contributed by atoms with Gasteiger partial charge in [0.05, 0.1) is 21.5 Å². The van der Waals surface area contributed by atoms with Gasteiger partial charge in [-0.2, -0.15) is 0 Å². The zero-order valence-electron chi connectivity index (χ0n) is 16.6. The molecular weight excluding hydrogens is 426 g/mol. The fraction of sp³-hybridized carbons (Fsp3) is 0.333. The SMILES string of the molecule is CCCCNS(=O)(=O)c1cccc(NC(=O)[C@H]2CC(=O)N(c3ccccc3Cl)C2)c1. The molecule has 2 N–H and O–H groups in total. The quantitative estimate of drug-likeness (QED) is 0.603. The molecule has 7 nitrogen and oxygen atoms in total. The molecule has 0 spiro atoms. The molecule has 3 rings (SSSR count). The van der Waals surface area contributed by atoms with E-state index in [9.17, 15) is 18.0 Å². The molecule has 160 valence electrons. The average Bonchev–Trinajstić information content (AvgIpc) is 3.10. The molecule has 9 heteroatoms. The minimum Gasteiger partial charge on any atom is -0.326 e. The summed E-state index contributed by atoms with van der Waals surface area (Å²) in [6.45, 7) is 2.55. The number of carbonyl (C=O) groups excluding carboxylic acids is 2. The Bertz CT molecular complexity index is 1040. The molecule has 1 atom stereocenters. The van der Waals surface area contributed by atoms with Crippen LogP contribution in [0.5, 0.6) is 0 Å². The number of nitrogens with one attached hydrogen (secondary N) is 2. The molecule has 1 aliphatic rings. The lowest BCUT2D eigenvalue weighted by Gasteiger charge is -2.18. The first-order valence-corrected chi connectivity index (χ1v) is 11.6. The van der Waals surface area contributed by atoms with Crippen LogP contribution in [0.25, 0.3) is 0 Å². The van der Waals surface area contributed by atoms with Gasteiger partial charge in [0.1, 0.15) is 0 Å². The molecule has 1 saturated heterocycles. The van der Waals surface area contributed by atoms with Gasteiger partial charge < -0.3 is 10.2 Å². The van der Waals surface area contributed by atoms with Crippen LogP contribution in [-0.4, -0.2) is 33.3 Å². The number of carbonyl (C=O) groups is 2. The second kappa shape index (κ2) is 9.59. The Morgan fingerprint density at radius 2 is 1.97 bits per heavy atom. The van der Waals surface area contributed by atoms with Crippen LogP contribution in [0.4, 0.5) is 11.4 Å². The second-order valence-corrected chi connectivity index (χ2v) is 9.30. The van der Waals surface area contributed by atoms with Crippen LogP contribution < -0.4 is 14.9 Å². The lowest BCUT2D eigenvalue weighted by atomic mass is 10.1. The molecule has 0 saturated carbocycles. The average molecular weight is 450 g/mol. The van der Waals surface area contributed by atoms with E-state index in [0.29, 0.717) is 22.9 Å². The standard InChI is InChI=1S/C21H24ClN3O4S/c1-2-3-11-23-30(28,29)17-8-6-7-16(13-17)24-21(27)15-12-20(26)25(14-15)19-10-5-4-9-18(19)22/h4-10,13,15,23H,2-3,11-12,14H2,1H3,(H,24,27)/t15-/m0/s1. The maximum atomic E-state index is 12.7. The molecule has 1 aliphatic heterocycles. The number of halogens is 1. The van der Waals surface area contributed by atoms with E-state index in [4.69, 9.17) is 11.6 Å². The number of sulfonamides is 1. The zero-order chi connectivity index (χ0) is 21.7. The highest BCUT2D eigenvalue weighted by molar-refractivity contribution is 7.89. The highest BCUT2D eigenvalue weighted by Gasteiger charge is 2.36. The fourth-order valence-electron chi connectivity index (χ4n) is 3.24. The highest BCUT2D eigenvalue weighted by atomic mass is 35.5. The van der Waals surface area contributed by atoms with E-state index in [1.165, 1.54) is 17.0 Å². The topological polar surface area (TPSA) is 95.6 Å². The maximum Gasteiger partial charge on any atom is 0.240 e. The van der Waals surface area contributed by atoms with Crippen LogP contribution >= 0.6 is 11.6 Å². The third-order valence-corrected chi connectivity index (χ3v) is 6.65. The predicted molar refractivity (Wildman–Crippen MR) is 117 cm³/mol. The van der Waals surface area contributed by atoms with E-state index >= 15 is 0 Å². The largest absolute Gasteiger partial charge is 0.326 e. The van der Waals surface area contributed by atoms with Crippen molar-refractivity contribution < 1.29 is 18.0 Å². The number of anilines is 2.